The number of benzene rings is 5. The molecule has 7 heteroatoms. The summed E-state index contributed by atoms with van der Waals surface area (Å²) in [6.07, 6.45) is 6.27. The van der Waals surface area contributed by atoms with Crippen LogP contribution in [0.4, 0.5) is 5.69 Å². The van der Waals surface area contributed by atoms with Crippen molar-refractivity contribution in [3.63, 3.8) is 0 Å². The fourth-order valence-corrected chi connectivity index (χ4v) is 8.04. The van der Waals surface area contributed by atoms with Crippen molar-refractivity contribution in [2.45, 2.75) is 6.54 Å². The molecule has 0 radical (unpaired) electrons. The summed E-state index contributed by atoms with van der Waals surface area (Å²) in [6, 6.07) is 59.3. The lowest BCUT2D eigenvalue weighted by Crippen LogP contribution is -2.02. The molecular formula is C51H35N5O2. The van der Waals surface area contributed by atoms with Crippen molar-refractivity contribution in [2.24, 2.45) is 0 Å². The smallest absolute Gasteiger partial charge is 0.269 e. The molecule has 0 unspecified atom stereocenters. The fourth-order valence-electron chi connectivity index (χ4n) is 8.04. The van der Waals surface area contributed by atoms with Crippen molar-refractivity contribution >= 4 is 51.6 Å². The SMILES string of the molecule is O=[N+]([O-])c1ccc(Cn2c3cc4nc(cc5ccc(cc6nc(c(-c7ccccc7)c2c(-c2ccccc2)c3-c2ccccc2)C(c2ccccc2)=C6)[nH]5)C=C4)cc1. The molecule has 7 nitrogen and oxygen atoms in total. The van der Waals surface area contributed by atoms with Gasteiger partial charge < -0.3 is 9.55 Å². The molecule has 0 spiro atoms. The summed E-state index contributed by atoms with van der Waals surface area (Å²) in [5.74, 6) is 0. The van der Waals surface area contributed by atoms with E-state index in [9.17, 15) is 10.1 Å². The van der Waals surface area contributed by atoms with Gasteiger partial charge in [0.15, 0.2) is 0 Å². The normalized spacial score (nSPS) is 12.0. The molecule has 0 aliphatic carbocycles. The molecule has 8 bridgehead atoms. The molecule has 5 heterocycles. The predicted molar refractivity (Wildman–Crippen MR) is 235 cm³/mol. The number of non-ortho nitro benzene ring substituents is 1. The molecule has 3 aromatic heterocycles. The lowest BCUT2D eigenvalue weighted by Gasteiger charge is -2.15. The molecule has 10 rings (SSSR count). The minimum absolute atomic E-state index is 0.0481. The van der Waals surface area contributed by atoms with Gasteiger partial charge >= 0.3 is 0 Å². The highest BCUT2D eigenvalue weighted by Gasteiger charge is 2.27. The number of nitro groups is 1. The van der Waals surface area contributed by atoms with Gasteiger partial charge in [-0.25, -0.2) is 9.97 Å². The van der Waals surface area contributed by atoms with E-state index in [1.54, 1.807) is 12.1 Å². The number of nitrogens with one attached hydrogen (secondary N) is 1. The maximum Gasteiger partial charge on any atom is 0.269 e. The number of rotatable bonds is 7. The monoisotopic (exact) mass is 749 g/mol. The van der Waals surface area contributed by atoms with Crippen LogP contribution < -0.4 is 0 Å². The molecule has 276 valence electrons. The molecule has 0 saturated heterocycles. The molecule has 1 N–H and O–H groups in total. The second-order valence-corrected chi connectivity index (χ2v) is 14.4. The number of fused-ring (bicyclic) bond motifs is 8. The highest BCUT2D eigenvalue weighted by Crippen LogP contribution is 2.47. The van der Waals surface area contributed by atoms with E-state index in [1.165, 1.54) is 0 Å². The Bertz CT molecular complexity index is 3080. The third kappa shape index (κ3) is 6.50. The standard InChI is InChI=1S/C51H35N5O2/c57-56(58)44-27-21-34(22-28-44)33-55-46-32-42-26-25-40(53-42)29-39-23-24-41(52-39)30-43-31-45(35-13-5-1-6-14-35)50(54-43)49(38-19-11-4-12-20-38)51(55)48(37-17-9-3-10-18-37)47(46)36-15-7-2-8-16-36/h1-32,52H,33H2. The number of nitro benzene ring substituents is 1. The van der Waals surface area contributed by atoms with Gasteiger partial charge in [0.1, 0.15) is 0 Å². The van der Waals surface area contributed by atoms with Crippen LogP contribution in [0, 0.1) is 10.1 Å². The van der Waals surface area contributed by atoms with Crippen LogP contribution in [0.25, 0.3) is 79.2 Å². The van der Waals surface area contributed by atoms with Crippen molar-refractivity contribution in [1.29, 1.82) is 0 Å². The van der Waals surface area contributed by atoms with E-state index in [1.807, 2.05) is 42.5 Å². The van der Waals surface area contributed by atoms with E-state index in [-0.39, 0.29) is 10.6 Å². The van der Waals surface area contributed by atoms with Gasteiger partial charge in [-0.3, -0.25) is 10.1 Å². The lowest BCUT2D eigenvalue weighted by atomic mass is 9.91. The van der Waals surface area contributed by atoms with E-state index >= 15 is 0 Å². The first kappa shape index (κ1) is 34.6. The molecule has 0 fully saturated rings. The topological polar surface area (TPSA) is 89.6 Å². The van der Waals surface area contributed by atoms with Crippen LogP contribution in [0.3, 0.4) is 0 Å². The maximum atomic E-state index is 11.8. The van der Waals surface area contributed by atoms with Gasteiger partial charge in [0.25, 0.3) is 5.69 Å². The molecule has 0 atom stereocenters. The number of aromatic nitrogens is 4. The van der Waals surface area contributed by atoms with Crippen molar-refractivity contribution in [3.8, 4) is 33.4 Å². The van der Waals surface area contributed by atoms with Gasteiger partial charge in [0.2, 0.25) is 0 Å². The maximum absolute atomic E-state index is 11.8. The third-order valence-electron chi connectivity index (χ3n) is 10.6. The summed E-state index contributed by atoms with van der Waals surface area (Å²) in [6.45, 7) is 0.409. The quantitative estimate of drug-likeness (QED) is 0.130. The molecule has 2 aliphatic rings. The van der Waals surface area contributed by atoms with Gasteiger partial charge in [-0.1, -0.05) is 133 Å². The highest BCUT2D eigenvalue weighted by atomic mass is 16.6. The second-order valence-electron chi connectivity index (χ2n) is 14.4. The first-order valence-electron chi connectivity index (χ1n) is 19.2. The lowest BCUT2D eigenvalue weighted by molar-refractivity contribution is -0.384. The second kappa shape index (κ2) is 14.6. The first-order valence-corrected chi connectivity index (χ1v) is 19.2. The van der Waals surface area contributed by atoms with Gasteiger partial charge in [0.05, 0.1) is 38.7 Å². The van der Waals surface area contributed by atoms with Crippen LogP contribution in [-0.4, -0.2) is 24.4 Å². The van der Waals surface area contributed by atoms with E-state index in [2.05, 4.69) is 149 Å². The molecule has 58 heavy (non-hydrogen) atoms. The molecule has 8 aromatic rings. The molecular weight excluding hydrogens is 715 g/mol. The third-order valence-corrected chi connectivity index (χ3v) is 10.6. The Hall–Kier alpha value is -7.90. The van der Waals surface area contributed by atoms with Gasteiger partial charge in [-0.2, -0.15) is 0 Å². The fraction of sp³-hybridized carbons (Fsp3) is 0.0196. The van der Waals surface area contributed by atoms with E-state index in [0.717, 1.165) is 94.9 Å². The summed E-state index contributed by atoms with van der Waals surface area (Å²) in [4.78, 5) is 25.6. The van der Waals surface area contributed by atoms with E-state index in [4.69, 9.17) is 9.97 Å². The number of H-pyrrole nitrogens is 1. The van der Waals surface area contributed by atoms with Crippen molar-refractivity contribution < 1.29 is 4.92 Å². The Morgan fingerprint density at radius 2 is 1.05 bits per heavy atom. The van der Waals surface area contributed by atoms with Crippen LogP contribution >= 0.6 is 0 Å². The average molecular weight is 750 g/mol. The Balaban J connectivity index is 1.48. The van der Waals surface area contributed by atoms with Crippen LogP contribution in [0.1, 0.15) is 33.9 Å². The Morgan fingerprint density at radius 3 is 1.64 bits per heavy atom. The molecule has 2 aliphatic heterocycles. The van der Waals surface area contributed by atoms with E-state index < -0.39 is 0 Å². The van der Waals surface area contributed by atoms with Crippen LogP contribution in [-0.2, 0) is 6.54 Å². The zero-order valence-electron chi connectivity index (χ0n) is 31.3. The van der Waals surface area contributed by atoms with Crippen molar-refractivity contribution in [2.75, 3.05) is 0 Å². The van der Waals surface area contributed by atoms with Gasteiger partial charge in [-0.05, 0) is 76.4 Å². The Kier molecular flexibility index (Phi) is 8.73. The summed E-state index contributed by atoms with van der Waals surface area (Å²) in [5, 5.41) is 11.8. The minimum Gasteiger partial charge on any atom is -0.355 e. The number of hydrogen-bond donors (Lipinski definition) is 1. The number of hydrogen-bond acceptors (Lipinski definition) is 4. The Morgan fingerprint density at radius 1 is 0.534 bits per heavy atom. The first-order chi connectivity index (χ1) is 28.6. The molecule has 0 amide bonds. The highest BCUT2D eigenvalue weighted by molar-refractivity contribution is 6.11. The minimum atomic E-state index is -0.356. The zero-order chi connectivity index (χ0) is 39.0. The average Bonchev–Trinajstić information content (AvgIpc) is 4.07. The van der Waals surface area contributed by atoms with Crippen LogP contribution in [0.2, 0.25) is 0 Å². The summed E-state index contributed by atoms with van der Waals surface area (Å²) in [5.41, 5.74) is 16.2. The van der Waals surface area contributed by atoms with Crippen LogP contribution in [0.5, 0.6) is 0 Å². The molecule has 0 saturated carbocycles. The predicted octanol–water partition coefficient (Wildman–Crippen LogP) is 12.5. The zero-order valence-corrected chi connectivity index (χ0v) is 31.3. The van der Waals surface area contributed by atoms with E-state index in [0.29, 0.717) is 6.54 Å². The largest absolute Gasteiger partial charge is 0.355 e. The Labute approximate surface area is 334 Å². The van der Waals surface area contributed by atoms with Crippen molar-refractivity contribution in [1.82, 2.24) is 19.5 Å². The number of nitrogens with zero attached hydrogens (tertiary/aromatic N) is 4. The summed E-state index contributed by atoms with van der Waals surface area (Å²) < 4.78 is 2.36. The number of aromatic amines is 1. The summed E-state index contributed by atoms with van der Waals surface area (Å²) >= 11 is 0. The summed E-state index contributed by atoms with van der Waals surface area (Å²) in [7, 11) is 0. The van der Waals surface area contributed by atoms with Gasteiger partial charge in [0, 0.05) is 52.0 Å². The van der Waals surface area contributed by atoms with Crippen LogP contribution in [0.15, 0.2) is 176 Å². The molecule has 5 aromatic carbocycles. The van der Waals surface area contributed by atoms with Gasteiger partial charge in [-0.15, -0.1) is 0 Å². The van der Waals surface area contributed by atoms with Crippen molar-refractivity contribution in [3.05, 3.63) is 220 Å².